The molecule has 3 aliphatic rings. The highest BCUT2D eigenvalue weighted by Crippen LogP contribution is 2.49. The monoisotopic (exact) mass is 352 g/mol. The van der Waals surface area contributed by atoms with Crippen molar-refractivity contribution in [2.45, 2.75) is 52.2 Å². The van der Waals surface area contributed by atoms with Crippen molar-refractivity contribution in [3.8, 4) is 0 Å². The van der Waals surface area contributed by atoms with Gasteiger partial charge in [0.15, 0.2) is 5.78 Å². The average Bonchev–Trinajstić information content (AvgIpc) is 3.00. The Hall–Kier alpha value is -2.43. The Kier molecular flexibility index (Phi) is 3.46. The first-order valence-electron chi connectivity index (χ1n) is 9.08. The number of hydrogen-bond donors (Lipinski definition) is 0. The van der Waals surface area contributed by atoms with E-state index >= 15 is 0 Å². The van der Waals surface area contributed by atoms with Crippen molar-refractivity contribution in [2.75, 3.05) is 4.90 Å². The number of imide groups is 1. The predicted octanol–water partition coefficient (Wildman–Crippen LogP) is 2.57. The third kappa shape index (κ3) is 2.12. The van der Waals surface area contributed by atoms with E-state index in [-0.39, 0.29) is 23.6 Å². The van der Waals surface area contributed by atoms with Crippen LogP contribution in [0.3, 0.4) is 0 Å². The molecule has 3 heterocycles. The van der Waals surface area contributed by atoms with E-state index in [2.05, 4.69) is 6.07 Å². The molecule has 1 aromatic carbocycles. The number of Topliss-reactive ketones (excluding diaryl/α,β-unsaturated/α-hetero) is 1. The van der Waals surface area contributed by atoms with Crippen LogP contribution in [0.15, 0.2) is 24.3 Å². The lowest BCUT2D eigenvalue weighted by molar-refractivity contribution is -0.146. The van der Waals surface area contributed by atoms with Gasteiger partial charge in [-0.2, -0.15) is 0 Å². The van der Waals surface area contributed by atoms with Crippen molar-refractivity contribution in [3.05, 3.63) is 35.4 Å². The Labute approximate surface area is 153 Å². The van der Waals surface area contributed by atoms with E-state index in [1.54, 1.807) is 0 Å². The molecule has 4 atom stereocenters. The summed E-state index contributed by atoms with van der Waals surface area (Å²) < 4.78 is 0. The molecule has 5 heteroatoms. The molecule has 2 saturated heterocycles. The van der Waals surface area contributed by atoms with Crippen molar-refractivity contribution >= 4 is 29.4 Å². The number of carbonyl (C=O) groups excluding carboxylic acids is 3. The molecule has 2 amide bonds. The van der Waals surface area contributed by atoms with Gasteiger partial charge in [-0.15, -0.1) is 0 Å². The summed E-state index contributed by atoms with van der Waals surface area (Å²) in [4.78, 5) is 42.3. The quantitative estimate of drug-likeness (QED) is 0.729. The second kappa shape index (κ2) is 5.29. The van der Waals surface area contributed by atoms with Crippen molar-refractivity contribution in [1.82, 2.24) is 4.90 Å². The van der Waals surface area contributed by atoms with E-state index in [9.17, 15) is 14.4 Å². The van der Waals surface area contributed by atoms with Crippen LogP contribution in [0.5, 0.6) is 0 Å². The molecule has 2 fully saturated rings. The van der Waals surface area contributed by atoms with Crippen molar-refractivity contribution in [2.24, 2.45) is 11.8 Å². The van der Waals surface area contributed by atoms with Gasteiger partial charge in [-0.3, -0.25) is 19.3 Å². The number of likely N-dealkylation sites (tertiary alicyclic amines) is 1. The van der Waals surface area contributed by atoms with Gasteiger partial charge in [0.1, 0.15) is 6.04 Å². The molecular weight excluding hydrogens is 328 g/mol. The van der Waals surface area contributed by atoms with Crippen LogP contribution in [-0.2, 0) is 14.4 Å². The first kappa shape index (κ1) is 17.0. The zero-order valence-electron chi connectivity index (χ0n) is 15.8. The highest BCUT2D eigenvalue weighted by Gasteiger charge is 2.64. The Morgan fingerprint density at radius 1 is 1.08 bits per heavy atom. The van der Waals surface area contributed by atoms with E-state index in [1.165, 1.54) is 11.8 Å². The Morgan fingerprint density at radius 3 is 2.35 bits per heavy atom. The number of benzene rings is 1. The molecule has 3 aliphatic heterocycles. The lowest BCUT2D eigenvalue weighted by atomic mass is 9.88. The summed E-state index contributed by atoms with van der Waals surface area (Å²) in [7, 11) is 0. The summed E-state index contributed by atoms with van der Waals surface area (Å²) in [6, 6.07) is 5.21. The smallest absolute Gasteiger partial charge is 0.236 e. The van der Waals surface area contributed by atoms with Crippen LogP contribution in [-0.4, -0.2) is 40.1 Å². The van der Waals surface area contributed by atoms with Gasteiger partial charge in [-0.05, 0) is 52.3 Å². The maximum absolute atomic E-state index is 13.2. The average molecular weight is 352 g/mol. The zero-order chi connectivity index (χ0) is 19.0. The largest absolute Gasteiger partial charge is 0.353 e. The van der Waals surface area contributed by atoms with E-state index in [0.717, 1.165) is 16.8 Å². The Balaban J connectivity index is 1.86. The molecule has 0 bridgehead atoms. The van der Waals surface area contributed by atoms with Gasteiger partial charge in [0.2, 0.25) is 11.8 Å². The number of carbonyl (C=O) groups is 3. The van der Waals surface area contributed by atoms with Gasteiger partial charge in [-0.1, -0.05) is 23.8 Å². The summed E-state index contributed by atoms with van der Waals surface area (Å²) in [5, 5.41) is 0. The summed E-state index contributed by atoms with van der Waals surface area (Å²) in [6.45, 7) is 9.13. The molecule has 136 valence electrons. The minimum absolute atomic E-state index is 0.0683. The van der Waals surface area contributed by atoms with Crippen LogP contribution in [0.1, 0.15) is 38.8 Å². The molecule has 0 aromatic heterocycles. The normalized spacial score (nSPS) is 29.7. The summed E-state index contributed by atoms with van der Waals surface area (Å²) in [5.41, 5.74) is 2.51. The van der Waals surface area contributed by atoms with Gasteiger partial charge in [0.25, 0.3) is 0 Å². The number of anilines is 1. The fraction of sp³-hybridized carbons (Fsp3) is 0.476. The van der Waals surface area contributed by atoms with Crippen LogP contribution in [0.4, 0.5) is 5.69 Å². The second-order valence-corrected chi connectivity index (χ2v) is 8.61. The Bertz CT molecular complexity index is 864. The van der Waals surface area contributed by atoms with Crippen LogP contribution >= 0.6 is 0 Å². The third-order valence-corrected chi connectivity index (χ3v) is 5.75. The van der Waals surface area contributed by atoms with E-state index in [1.807, 2.05) is 56.9 Å². The van der Waals surface area contributed by atoms with Gasteiger partial charge in [0.05, 0.1) is 17.9 Å². The van der Waals surface area contributed by atoms with E-state index in [0.29, 0.717) is 0 Å². The van der Waals surface area contributed by atoms with Crippen molar-refractivity contribution < 1.29 is 14.4 Å². The molecule has 0 unspecified atom stereocenters. The van der Waals surface area contributed by atoms with E-state index in [4.69, 9.17) is 0 Å². The molecule has 26 heavy (non-hydrogen) atoms. The SMILES string of the molecule is CC(=O)[C@H]1[C@H]2C(=O)N(C(C)(C)C)C(=O)[C@@H]2[C@@H]2C=Cc3cc(C)ccc3N21. The molecule has 0 aliphatic carbocycles. The first-order chi connectivity index (χ1) is 12.1. The Morgan fingerprint density at radius 2 is 1.73 bits per heavy atom. The van der Waals surface area contributed by atoms with Crippen molar-refractivity contribution in [3.63, 3.8) is 0 Å². The van der Waals surface area contributed by atoms with Gasteiger partial charge < -0.3 is 4.90 Å². The fourth-order valence-electron chi connectivity index (χ4n) is 4.81. The minimum Gasteiger partial charge on any atom is -0.353 e. The molecular formula is C21H24N2O3. The first-order valence-corrected chi connectivity index (χ1v) is 9.08. The molecule has 0 spiro atoms. The van der Waals surface area contributed by atoms with Crippen molar-refractivity contribution in [1.29, 1.82) is 0 Å². The molecule has 1 aromatic rings. The summed E-state index contributed by atoms with van der Waals surface area (Å²) in [5.74, 6) is -1.56. The predicted molar refractivity (Wildman–Crippen MR) is 99.5 cm³/mol. The summed E-state index contributed by atoms with van der Waals surface area (Å²) in [6.07, 6.45) is 4.00. The number of nitrogens with zero attached hydrogens (tertiary/aromatic N) is 2. The van der Waals surface area contributed by atoms with Crippen LogP contribution in [0.25, 0.3) is 6.08 Å². The molecule has 0 saturated carbocycles. The van der Waals surface area contributed by atoms with Crippen LogP contribution < -0.4 is 4.90 Å². The number of ketones is 1. The maximum Gasteiger partial charge on any atom is 0.236 e. The third-order valence-electron chi connectivity index (χ3n) is 5.75. The zero-order valence-corrected chi connectivity index (χ0v) is 15.8. The van der Waals surface area contributed by atoms with Crippen LogP contribution in [0.2, 0.25) is 0 Å². The van der Waals surface area contributed by atoms with E-state index < -0.39 is 23.4 Å². The highest BCUT2D eigenvalue weighted by molar-refractivity contribution is 6.11. The molecule has 0 radical (unpaired) electrons. The fourth-order valence-corrected chi connectivity index (χ4v) is 4.81. The van der Waals surface area contributed by atoms with Crippen LogP contribution in [0, 0.1) is 18.8 Å². The number of hydrogen-bond acceptors (Lipinski definition) is 4. The van der Waals surface area contributed by atoms with Gasteiger partial charge in [-0.25, -0.2) is 0 Å². The number of fused-ring (bicyclic) bond motifs is 5. The number of amides is 2. The van der Waals surface area contributed by atoms with Gasteiger partial charge >= 0.3 is 0 Å². The number of rotatable bonds is 1. The highest BCUT2D eigenvalue weighted by atomic mass is 16.2. The number of aryl methyl sites for hydroxylation is 1. The molecule has 4 rings (SSSR count). The lowest BCUT2D eigenvalue weighted by Crippen LogP contribution is -2.52. The van der Waals surface area contributed by atoms with Gasteiger partial charge in [0, 0.05) is 11.2 Å². The minimum atomic E-state index is -0.610. The topological polar surface area (TPSA) is 57.7 Å². The lowest BCUT2D eigenvalue weighted by Gasteiger charge is -2.38. The summed E-state index contributed by atoms with van der Waals surface area (Å²) >= 11 is 0. The molecule has 5 nitrogen and oxygen atoms in total. The standard InChI is InChI=1S/C21H24N2O3/c1-11-6-8-14-13(10-11)7-9-15-16-17(18(12(2)24)22(14)15)20(26)23(19(16)25)21(3,4)5/h6-10,15-18H,1-5H3/t15-,16+,17-,18-/m0/s1. The second-order valence-electron chi connectivity index (χ2n) is 8.61. The maximum atomic E-state index is 13.2. The molecule has 0 N–H and O–H groups in total.